The molecule has 6 N–H and O–H groups in total. The summed E-state index contributed by atoms with van der Waals surface area (Å²) in [6, 6.07) is 7.43. The highest BCUT2D eigenvalue weighted by Crippen LogP contribution is 2.10. The maximum atomic E-state index is 9.13. The molecule has 0 radical (unpaired) electrons. The number of hydrogen-bond donors (Lipinski definition) is 4. The van der Waals surface area contributed by atoms with Crippen LogP contribution in [0.4, 0.5) is 0 Å². The van der Waals surface area contributed by atoms with Crippen LogP contribution in [0.1, 0.15) is 5.56 Å². The minimum absolute atomic E-state index is 0. The van der Waals surface area contributed by atoms with E-state index in [2.05, 4.69) is 5.32 Å². The zero-order chi connectivity index (χ0) is 11.1. The van der Waals surface area contributed by atoms with E-state index in [0.717, 1.165) is 18.5 Å². The smallest absolute Gasteiger partial charge is 0.115 e. The second kappa shape index (κ2) is 13.2. The standard InChI is InChI=1S/C11H19N3O.3ClH/c12-5-6-14-10(8-13)7-9-1-3-11(15)4-2-9;;;/h1-4,10,14-15H,5-8,12-13H2;3*1H. The molecule has 7 heteroatoms. The summed E-state index contributed by atoms with van der Waals surface area (Å²) in [6.45, 7) is 1.98. The Balaban J connectivity index is -0.000000750. The third kappa shape index (κ3) is 8.80. The highest BCUT2D eigenvalue weighted by atomic mass is 35.5. The van der Waals surface area contributed by atoms with E-state index in [0.29, 0.717) is 13.1 Å². The van der Waals surface area contributed by atoms with Gasteiger partial charge in [-0.15, -0.1) is 37.2 Å². The Morgan fingerprint density at radius 2 is 1.61 bits per heavy atom. The van der Waals surface area contributed by atoms with Crippen molar-refractivity contribution in [3.05, 3.63) is 29.8 Å². The molecule has 1 unspecified atom stereocenters. The molecule has 0 heterocycles. The van der Waals surface area contributed by atoms with E-state index in [-0.39, 0.29) is 49.0 Å². The monoisotopic (exact) mass is 317 g/mol. The van der Waals surface area contributed by atoms with Crippen LogP contribution in [-0.4, -0.2) is 30.8 Å². The van der Waals surface area contributed by atoms with Crippen LogP contribution < -0.4 is 16.8 Å². The van der Waals surface area contributed by atoms with E-state index >= 15 is 0 Å². The summed E-state index contributed by atoms with van der Waals surface area (Å²) >= 11 is 0. The van der Waals surface area contributed by atoms with Gasteiger partial charge in [-0.25, -0.2) is 0 Å². The molecule has 0 spiro atoms. The maximum Gasteiger partial charge on any atom is 0.115 e. The van der Waals surface area contributed by atoms with E-state index in [9.17, 15) is 0 Å². The molecule has 0 amide bonds. The van der Waals surface area contributed by atoms with Crippen LogP contribution >= 0.6 is 37.2 Å². The lowest BCUT2D eigenvalue weighted by Gasteiger charge is -2.16. The molecule has 0 aliphatic rings. The fraction of sp³-hybridized carbons (Fsp3) is 0.455. The lowest BCUT2D eigenvalue weighted by atomic mass is 10.1. The molecule has 108 valence electrons. The molecule has 1 aromatic rings. The molecule has 4 nitrogen and oxygen atoms in total. The first-order chi connectivity index (χ1) is 7.26. The molecular formula is C11H22Cl3N3O. The number of phenols is 1. The lowest BCUT2D eigenvalue weighted by molar-refractivity contribution is 0.474. The molecule has 0 fully saturated rings. The first-order valence-corrected chi connectivity index (χ1v) is 5.17. The van der Waals surface area contributed by atoms with Gasteiger partial charge in [0.25, 0.3) is 0 Å². The van der Waals surface area contributed by atoms with Gasteiger partial charge in [-0.1, -0.05) is 12.1 Å². The number of nitrogens with two attached hydrogens (primary N) is 2. The highest BCUT2D eigenvalue weighted by molar-refractivity contribution is 5.86. The number of nitrogens with one attached hydrogen (secondary N) is 1. The predicted octanol–water partition coefficient (Wildman–Crippen LogP) is 1.08. The van der Waals surface area contributed by atoms with Crippen LogP contribution in [0.15, 0.2) is 24.3 Å². The Morgan fingerprint density at radius 3 is 2.06 bits per heavy atom. The zero-order valence-electron chi connectivity index (χ0n) is 10.0. The summed E-state index contributed by atoms with van der Waals surface area (Å²) in [5.74, 6) is 0.290. The summed E-state index contributed by atoms with van der Waals surface area (Å²) in [5, 5.41) is 12.4. The number of benzene rings is 1. The van der Waals surface area contributed by atoms with E-state index in [1.807, 2.05) is 12.1 Å². The molecule has 0 saturated carbocycles. The van der Waals surface area contributed by atoms with Crippen LogP contribution in [0.5, 0.6) is 5.75 Å². The quantitative estimate of drug-likeness (QED) is 0.632. The summed E-state index contributed by atoms with van der Waals surface area (Å²) < 4.78 is 0. The van der Waals surface area contributed by atoms with Crippen molar-refractivity contribution in [2.75, 3.05) is 19.6 Å². The number of aromatic hydroxyl groups is 1. The topological polar surface area (TPSA) is 84.3 Å². The van der Waals surface area contributed by atoms with Crippen LogP contribution in [0.2, 0.25) is 0 Å². The highest BCUT2D eigenvalue weighted by Gasteiger charge is 2.06. The van der Waals surface area contributed by atoms with Crippen LogP contribution in [0, 0.1) is 0 Å². The number of halogens is 3. The van der Waals surface area contributed by atoms with Crippen molar-refractivity contribution < 1.29 is 5.11 Å². The first-order valence-electron chi connectivity index (χ1n) is 5.17. The molecule has 1 rings (SSSR count). The molecule has 1 atom stereocenters. The number of phenolic OH excluding ortho intramolecular Hbond substituents is 1. The van der Waals surface area contributed by atoms with Gasteiger partial charge in [0, 0.05) is 25.7 Å². The third-order valence-electron chi connectivity index (χ3n) is 2.28. The summed E-state index contributed by atoms with van der Waals surface area (Å²) in [4.78, 5) is 0. The third-order valence-corrected chi connectivity index (χ3v) is 2.28. The Hall–Kier alpha value is -0.230. The molecule has 1 aromatic carbocycles. The Kier molecular flexibility index (Phi) is 16.8. The van der Waals surface area contributed by atoms with Crippen molar-refractivity contribution in [2.45, 2.75) is 12.5 Å². The van der Waals surface area contributed by atoms with Gasteiger partial charge in [0.1, 0.15) is 5.75 Å². The lowest BCUT2D eigenvalue weighted by Crippen LogP contribution is -2.40. The van der Waals surface area contributed by atoms with E-state index < -0.39 is 0 Å². The van der Waals surface area contributed by atoms with Crippen molar-refractivity contribution in [1.29, 1.82) is 0 Å². The SMILES string of the molecule is Cl.Cl.Cl.NCCNC(CN)Cc1ccc(O)cc1. The molecule has 0 bridgehead atoms. The van der Waals surface area contributed by atoms with E-state index in [1.54, 1.807) is 12.1 Å². The van der Waals surface area contributed by atoms with Gasteiger partial charge in [0.15, 0.2) is 0 Å². The Labute approximate surface area is 127 Å². The van der Waals surface area contributed by atoms with Crippen molar-refractivity contribution >= 4 is 37.2 Å². The second-order valence-electron chi connectivity index (χ2n) is 3.55. The van der Waals surface area contributed by atoms with Crippen molar-refractivity contribution in [3.63, 3.8) is 0 Å². The minimum atomic E-state index is 0. The second-order valence-corrected chi connectivity index (χ2v) is 3.55. The molecular weight excluding hydrogens is 297 g/mol. The zero-order valence-corrected chi connectivity index (χ0v) is 12.5. The van der Waals surface area contributed by atoms with E-state index in [4.69, 9.17) is 16.6 Å². The van der Waals surface area contributed by atoms with Crippen molar-refractivity contribution in [3.8, 4) is 5.75 Å². The molecule has 0 saturated heterocycles. The average Bonchev–Trinajstić information content (AvgIpc) is 2.27. The van der Waals surface area contributed by atoms with Crippen molar-refractivity contribution in [1.82, 2.24) is 5.32 Å². The van der Waals surface area contributed by atoms with Gasteiger partial charge in [0.05, 0.1) is 0 Å². The van der Waals surface area contributed by atoms with Crippen LogP contribution in [0.3, 0.4) is 0 Å². The Morgan fingerprint density at radius 1 is 1.06 bits per heavy atom. The summed E-state index contributed by atoms with van der Waals surface area (Å²) in [7, 11) is 0. The fourth-order valence-corrected chi connectivity index (χ4v) is 1.44. The normalized spacial score (nSPS) is 10.6. The van der Waals surface area contributed by atoms with Gasteiger partial charge in [-0.05, 0) is 24.1 Å². The van der Waals surface area contributed by atoms with E-state index in [1.165, 1.54) is 0 Å². The summed E-state index contributed by atoms with van der Waals surface area (Å²) in [5.41, 5.74) is 12.2. The fourth-order valence-electron chi connectivity index (χ4n) is 1.44. The number of rotatable bonds is 6. The van der Waals surface area contributed by atoms with Gasteiger partial charge < -0.3 is 21.9 Å². The average molecular weight is 319 g/mol. The molecule has 0 aromatic heterocycles. The number of hydrogen-bond acceptors (Lipinski definition) is 4. The van der Waals surface area contributed by atoms with Crippen LogP contribution in [0.25, 0.3) is 0 Å². The maximum absolute atomic E-state index is 9.13. The van der Waals surface area contributed by atoms with Crippen molar-refractivity contribution in [2.24, 2.45) is 11.5 Å². The minimum Gasteiger partial charge on any atom is -0.508 e. The predicted molar refractivity (Wildman–Crippen MR) is 83.5 cm³/mol. The summed E-state index contributed by atoms with van der Waals surface area (Å²) in [6.07, 6.45) is 0.858. The molecule has 0 aliphatic heterocycles. The van der Waals surface area contributed by atoms with Gasteiger partial charge >= 0.3 is 0 Å². The van der Waals surface area contributed by atoms with Gasteiger partial charge in [0.2, 0.25) is 0 Å². The van der Waals surface area contributed by atoms with Gasteiger partial charge in [-0.3, -0.25) is 0 Å². The molecule has 18 heavy (non-hydrogen) atoms. The molecule has 0 aliphatic carbocycles. The van der Waals surface area contributed by atoms with Crippen LogP contribution in [-0.2, 0) is 6.42 Å². The van der Waals surface area contributed by atoms with Gasteiger partial charge in [-0.2, -0.15) is 0 Å². The first kappa shape index (κ1) is 22.9. The Bertz CT molecular complexity index is 285. The largest absolute Gasteiger partial charge is 0.508 e.